The van der Waals surface area contributed by atoms with Crippen molar-refractivity contribution in [1.29, 1.82) is 0 Å². The molecule has 26 heavy (non-hydrogen) atoms. The van der Waals surface area contributed by atoms with Crippen molar-refractivity contribution < 1.29 is 9.53 Å². The molecule has 0 saturated carbocycles. The van der Waals surface area contributed by atoms with E-state index < -0.39 is 0 Å². The van der Waals surface area contributed by atoms with Crippen molar-refractivity contribution >= 4 is 61.5 Å². The van der Waals surface area contributed by atoms with Gasteiger partial charge in [0.1, 0.15) is 5.75 Å². The second-order valence-corrected chi connectivity index (χ2v) is 8.16. The number of amides is 1. The number of halogens is 3. The van der Waals surface area contributed by atoms with Crippen LogP contribution in [0.5, 0.6) is 5.75 Å². The number of carbonyl (C=O) groups is 1. The van der Waals surface area contributed by atoms with Crippen LogP contribution in [0.1, 0.15) is 20.8 Å². The van der Waals surface area contributed by atoms with Gasteiger partial charge in [-0.15, -0.1) is 11.3 Å². The lowest BCUT2D eigenvalue weighted by atomic mass is 10.1. The molecule has 0 atom stereocenters. The maximum Gasteiger partial charge on any atom is 0.258 e. The van der Waals surface area contributed by atoms with E-state index in [1.54, 1.807) is 43.6 Å². The molecule has 0 aliphatic carbocycles. The van der Waals surface area contributed by atoms with Crippen LogP contribution in [0.3, 0.4) is 0 Å². The van der Waals surface area contributed by atoms with Crippen molar-refractivity contribution in [1.82, 2.24) is 4.98 Å². The maximum absolute atomic E-state index is 12.5. The Bertz CT molecular complexity index is 962. The first-order chi connectivity index (χ1) is 12.5. The molecule has 4 nitrogen and oxygen atoms in total. The summed E-state index contributed by atoms with van der Waals surface area (Å²) in [5.41, 5.74) is 1.38. The second kappa shape index (κ2) is 8.39. The van der Waals surface area contributed by atoms with Crippen LogP contribution >= 0.6 is 50.5 Å². The molecule has 1 N–H and O–H groups in total. The number of ether oxygens (including phenoxy) is 1. The van der Waals surface area contributed by atoms with Crippen LogP contribution in [0.2, 0.25) is 10.0 Å². The van der Waals surface area contributed by atoms with Crippen molar-refractivity contribution in [2.45, 2.75) is 6.42 Å². The van der Waals surface area contributed by atoms with E-state index in [2.05, 4.69) is 26.2 Å². The number of anilines is 1. The minimum Gasteiger partial charge on any atom is -0.497 e. The van der Waals surface area contributed by atoms with Crippen LogP contribution in [0.25, 0.3) is 0 Å². The summed E-state index contributed by atoms with van der Waals surface area (Å²) in [4.78, 5) is 17.7. The van der Waals surface area contributed by atoms with Crippen molar-refractivity contribution in [3.8, 4) is 5.75 Å². The fourth-order valence-electron chi connectivity index (χ4n) is 2.28. The Morgan fingerprint density at radius 3 is 2.85 bits per heavy atom. The van der Waals surface area contributed by atoms with Gasteiger partial charge in [0.2, 0.25) is 0 Å². The van der Waals surface area contributed by atoms with E-state index in [1.807, 2.05) is 6.07 Å². The fraction of sp³-hybridized carbons (Fsp3) is 0.111. The third kappa shape index (κ3) is 4.57. The molecule has 0 aliphatic heterocycles. The molecule has 3 aromatic rings. The zero-order chi connectivity index (χ0) is 18.7. The standard InChI is InChI=1S/C18H13BrCl2N2O2S/c1-25-12-3-4-15(19)14(8-12)17(24)23-18-22-9-13(26-18)7-10-6-11(20)2-5-16(10)21/h2-6,8-9H,7H2,1H3,(H,22,23,24). The van der Waals surface area contributed by atoms with Gasteiger partial charge in [0, 0.05) is 32.0 Å². The monoisotopic (exact) mass is 470 g/mol. The molecule has 0 spiro atoms. The average molecular weight is 472 g/mol. The van der Waals surface area contributed by atoms with Crippen LogP contribution in [0.15, 0.2) is 47.1 Å². The second-order valence-electron chi connectivity index (χ2n) is 5.34. The summed E-state index contributed by atoms with van der Waals surface area (Å²) in [5, 5.41) is 4.60. The number of thiazole rings is 1. The molecule has 0 aliphatic rings. The lowest BCUT2D eigenvalue weighted by Gasteiger charge is -2.06. The molecule has 1 amide bonds. The number of rotatable bonds is 5. The number of aromatic nitrogens is 1. The molecule has 1 heterocycles. The maximum atomic E-state index is 12.5. The van der Waals surface area contributed by atoms with E-state index in [0.717, 1.165) is 10.4 Å². The molecule has 0 bridgehead atoms. The predicted molar refractivity (Wildman–Crippen MR) is 110 cm³/mol. The molecular formula is C18H13BrCl2N2O2S. The van der Waals surface area contributed by atoms with Crippen molar-refractivity contribution in [2.24, 2.45) is 0 Å². The molecule has 3 rings (SSSR count). The summed E-state index contributed by atoms with van der Waals surface area (Å²) >= 11 is 17.0. The quantitative estimate of drug-likeness (QED) is 0.491. The molecule has 2 aromatic carbocycles. The molecule has 134 valence electrons. The Balaban J connectivity index is 1.74. The van der Waals surface area contributed by atoms with Gasteiger partial charge in [-0.25, -0.2) is 4.98 Å². The Morgan fingerprint density at radius 2 is 2.08 bits per heavy atom. The number of hydrogen-bond donors (Lipinski definition) is 1. The van der Waals surface area contributed by atoms with Gasteiger partial charge in [-0.2, -0.15) is 0 Å². The Labute approximate surface area is 173 Å². The first-order valence-corrected chi connectivity index (χ1v) is 9.86. The lowest BCUT2D eigenvalue weighted by molar-refractivity contribution is 0.102. The summed E-state index contributed by atoms with van der Waals surface area (Å²) in [6.45, 7) is 0. The van der Waals surface area contributed by atoms with Crippen molar-refractivity contribution in [2.75, 3.05) is 12.4 Å². The topological polar surface area (TPSA) is 51.2 Å². The van der Waals surface area contributed by atoms with Crippen molar-refractivity contribution in [3.05, 3.63) is 73.1 Å². The third-order valence-electron chi connectivity index (χ3n) is 3.56. The zero-order valence-electron chi connectivity index (χ0n) is 13.6. The van der Waals surface area contributed by atoms with Crippen LogP contribution in [-0.4, -0.2) is 18.0 Å². The predicted octanol–water partition coefficient (Wildman–Crippen LogP) is 6.06. The summed E-state index contributed by atoms with van der Waals surface area (Å²) in [7, 11) is 1.55. The summed E-state index contributed by atoms with van der Waals surface area (Å²) in [5.74, 6) is 0.339. The van der Waals surface area contributed by atoms with Crippen LogP contribution in [-0.2, 0) is 6.42 Å². The SMILES string of the molecule is COc1ccc(Br)c(C(=O)Nc2ncc(Cc3cc(Cl)ccc3Cl)s2)c1. The summed E-state index contributed by atoms with van der Waals surface area (Å²) in [6.07, 6.45) is 2.31. The molecule has 8 heteroatoms. The van der Waals surface area contributed by atoms with E-state index in [9.17, 15) is 4.79 Å². The highest BCUT2D eigenvalue weighted by atomic mass is 79.9. The van der Waals surface area contributed by atoms with Crippen LogP contribution < -0.4 is 10.1 Å². The highest BCUT2D eigenvalue weighted by Gasteiger charge is 2.14. The van der Waals surface area contributed by atoms with Gasteiger partial charge in [-0.3, -0.25) is 10.1 Å². The largest absolute Gasteiger partial charge is 0.497 e. The molecule has 0 saturated heterocycles. The molecule has 0 fully saturated rings. The van der Waals surface area contributed by atoms with Crippen LogP contribution in [0.4, 0.5) is 5.13 Å². The van der Waals surface area contributed by atoms with Gasteiger partial charge >= 0.3 is 0 Å². The fourth-order valence-corrected chi connectivity index (χ4v) is 3.92. The number of hydrogen-bond acceptors (Lipinski definition) is 4. The number of nitrogens with zero attached hydrogens (tertiary/aromatic N) is 1. The molecular weight excluding hydrogens is 459 g/mol. The summed E-state index contributed by atoms with van der Waals surface area (Å²) in [6, 6.07) is 10.6. The first kappa shape index (κ1) is 19.2. The van der Waals surface area contributed by atoms with E-state index in [1.165, 1.54) is 11.3 Å². The average Bonchev–Trinajstić information content (AvgIpc) is 3.05. The van der Waals surface area contributed by atoms with Gasteiger partial charge in [0.25, 0.3) is 5.91 Å². The van der Waals surface area contributed by atoms with Gasteiger partial charge in [-0.05, 0) is 57.9 Å². The first-order valence-electron chi connectivity index (χ1n) is 7.50. The van der Waals surface area contributed by atoms with E-state index >= 15 is 0 Å². The van der Waals surface area contributed by atoms with Crippen LogP contribution in [0, 0.1) is 0 Å². The zero-order valence-corrected chi connectivity index (χ0v) is 17.5. The van der Waals surface area contributed by atoms with Crippen molar-refractivity contribution in [3.63, 3.8) is 0 Å². The normalized spacial score (nSPS) is 10.6. The highest BCUT2D eigenvalue weighted by molar-refractivity contribution is 9.10. The van der Waals surface area contributed by atoms with E-state index in [-0.39, 0.29) is 5.91 Å². The molecule has 0 radical (unpaired) electrons. The lowest BCUT2D eigenvalue weighted by Crippen LogP contribution is -2.12. The van der Waals surface area contributed by atoms with E-state index in [4.69, 9.17) is 27.9 Å². The third-order valence-corrected chi connectivity index (χ3v) is 5.77. The minimum absolute atomic E-state index is 0.266. The Morgan fingerprint density at radius 1 is 1.27 bits per heavy atom. The van der Waals surface area contributed by atoms with E-state index in [0.29, 0.717) is 37.4 Å². The molecule has 0 unspecified atom stereocenters. The number of carbonyl (C=O) groups excluding carboxylic acids is 1. The van der Waals surface area contributed by atoms with Gasteiger partial charge in [0.05, 0.1) is 12.7 Å². The summed E-state index contributed by atoms with van der Waals surface area (Å²) < 4.78 is 5.84. The Hall–Kier alpha value is -1.60. The minimum atomic E-state index is -0.266. The number of benzene rings is 2. The molecule has 1 aromatic heterocycles. The number of methoxy groups -OCH3 is 1. The smallest absolute Gasteiger partial charge is 0.258 e. The van der Waals surface area contributed by atoms with Gasteiger partial charge < -0.3 is 4.74 Å². The number of nitrogens with one attached hydrogen (secondary N) is 1. The highest BCUT2D eigenvalue weighted by Crippen LogP contribution is 2.28. The van der Waals surface area contributed by atoms with Gasteiger partial charge in [0.15, 0.2) is 5.13 Å². The Kier molecular flexibility index (Phi) is 6.19. The van der Waals surface area contributed by atoms with Gasteiger partial charge in [-0.1, -0.05) is 23.2 Å².